The lowest BCUT2D eigenvalue weighted by atomic mass is 10.5. The van der Waals surface area contributed by atoms with E-state index in [0.29, 0.717) is 6.00 Å². The van der Waals surface area contributed by atoms with Crippen molar-refractivity contribution in [3.05, 3.63) is 12.3 Å². The number of nitrogens with one attached hydrogen (secondary N) is 1. The standard InChI is InChI=1S/C5H10ClN/c1-2-3-4-7-5-6/h3-4,7H,2,5H2,1H3/b4-3+. The summed E-state index contributed by atoms with van der Waals surface area (Å²) in [5.74, 6) is 0. The molecule has 1 N–H and O–H groups in total. The maximum atomic E-state index is 5.27. The van der Waals surface area contributed by atoms with E-state index in [2.05, 4.69) is 12.2 Å². The van der Waals surface area contributed by atoms with Crippen molar-refractivity contribution in [1.29, 1.82) is 0 Å². The molecule has 0 amide bonds. The van der Waals surface area contributed by atoms with Crippen LogP contribution in [0, 0.1) is 0 Å². The second kappa shape index (κ2) is 5.83. The molecule has 0 aliphatic heterocycles. The Hall–Kier alpha value is -0.170. The van der Waals surface area contributed by atoms with Gasteiger partial charge in [-0.2, -0.15) is 0 Å². The van der Waals surface area contributed by atoms with Gasteiger partial charge in [-0.1, -0.05) is 13.0 Å². The molecule has 0 radical (unpaired) electrons. The fourth-order valence-corrected chi connectivity index (χ4v) is 0.335. The van der Waals surface area contributed by atoms with Crippen LogP contribution in [0.1, 0.15) is 13.3 Å². The molecule has 1 nitrogen and oxygen atoms in total. The molecule has 0 aromatic rings. The SMILES string of the molecule is CC/C=C/NCCl. The van der Waals surface area contributed by atoms with Gasteiger partial charge < -0.3 is 5.32 Å². The minimum absolute atomic E-state index is 0.497. The predicted octanol–water partition coefficient (Wildman–Crippen LogP) is 1.70. The third-order valence-corrected chi connectivity index (χ3v) is 0.703. The number of alkyl halides is 1. The largest absolute Gasteiger partial charge is 0.378 e. The van der Waals surface area contributed by atoms with E-state index in [4.69, 9.17) is 11.6 Å². The van der Waals surface area contributed by atoms with Crippen LogP contribution in [0.25, 0.3) is 0 Å². The van der Waals surface area contributed by atoms with E-state index in [0.717, 1.165) is 6.42 Å². The summed E-state index contributed by atoms with van der Waals surface area (Å²) in [5, 5.41) is 2.83. The van der Waals surface area contributed by atoms with Crippen LogP contribution in [-0.4, -0.2) is 6.00 Å². The van der Waals surface area contributed by atoms with Crippen LogP contribution in [0.4, 0.5) is 0 Å². The molecule has 42 valence electrons. The van der Waals surface area contributed by atoms with Crippen LogP contribution < -0.4 is 5.32 Å². The molecule has 0 saturated carbocycles. The molecule has 0 aromatic carbocycles. The molecule has 0 unspecified atom stereocenters. The number of halogens is 1. The number of allylic oxidation sites excluding steroid dienone is 1. The highest BCUT2D eigenvalue weighted by Gasteiger charge is 1.64. The van der Waals surface area contributed by atoms with E-state index >= 15 is 0 Å². The lowest BCUT2D eigenvalue weighted by Crippen LogP contribution is -1.98. The quantitative estimate of drug-likeness (QED) is 0.441. The molecule has 0 aliphatic carbocycles. The van der Waals surface area contributed by atoms with Crippen LogP contribution in [0.2, 0.25) is 0 Å². The van der Waals surface area contributed by atoms with Gasteiger partial charge in [-0.05, 0) is 12.6 Å². The highest BCUT2D eigenvalue weighted by molar-refractivity contribution is 6.17. The Morgan fingerprint density at radius 2 is 2.43 bits per heavy atom. The first kappa shape index (κ1) is 6.83. The minimum Gasteiger partial charge on any atom is -0.378 e. The third-order valence-electron chi connectivity index (χ3n) is 0.549. The van der Waals surface area contributed by atoms with Crippen molar-refractivity contribution in [3.63, 3.8) is 0 Å². The van der Waals surface area contributed by atoms with Crippen molar-refractivity contribution < 1.29 is 0 Å². The van der Waals surface area contributed by atoms with Gasteiger partial charge in [-0.3, -0.25) is 0 Å². The zero-order chi connectivity index (χ0) is 5.54. The summed E-state index contributed by atoms with van der Waals surface area (Å²) < 4.78 is 0. The second-order valence-electron chi connectivity index (χ2n) is 1.15. The fourth-order valence-electron chi connectivity index (χ4n) is 0.246. The summed E-state index contributed by atoms with van der Waals surface area (Å²) in [7, 11) is 0. The highest BCUT2D eigenvalue weighted by Crippen LogP contribution is 1.75. The molecule has 0 spiro atoms. The van der Waals surface area contributed by atoms with Crippen molar-refractivity contribution in [2.24, 2.45) is 0 Å². The van der Waals surface area contributed by atoms with Crippen LogP contribution in [0.15, 0.2) is 12.3 Å². The van der Waals surface area contributed by atoms with Crippen molar-refractivity contribution in [2.75, 3.05) is 6.00 Å². The highest BCUT2D eigenvalue weighted by atomic mass is 35.5. The Morgan fingerprint density at radius 3 is 2.86 bits per heavy atom. The number of hydrogen-bond acceptors (Lipinski definition) is 1. The average Bonchev–Trinajstić information content (AvgIpc) is 1.69. The molecule has 0 rings (SSSR count). The van der Waals surface area contributed by atoms with Crippen LogP contribution in [0.3, 0.4) is 0 Å². The van der Waals surface area contributed by atoms with Gasteiger partial charge in [0.2, 0.25) is 0 Å². The second-order valence-corrected chi connectivity index (χ2v) is 1.42. The summed E-state index contributed by atoms with van der Waals surface area (Å²) in [4.78, 5) is 0. The maximum Gasteiger partial charge on any atom is 0.0897 e. The Morgan fingerprint density at radius 1 is 1.71 bits per heavy atom. The van der Waals surface area contributed by atoms with Gasteiger partial charge in [-0.15, -0.1) is 11.6 Å². The van der Waals surface area contributed by atoms with Crippen LogP contribution in [-0.2, 0) is 0 Å². The van der Waals surface area contributed by atoms with Crippen molar-refractivity contribution in [2.45, 2.75) is 13.3 Å². The summed E-state index contributed by atoms with van der Waals surface area (Å²) in [6.45, 7) is 2.08. The zero-order valence-corrected chi connectivity index (χ0v) is 5.20. The van der Waals surface area contributed by atoms with Crippen LogP contribution in [0.5, 0.6) is 0 Å². The van der Waals surface area contributed by atoms with Crippen molar-refractivity contribution in [1.82, 2.24) is 5.32 Å². The molecule has 0 fully saturated rings. The molecular formula is C5H10ClN. The molecule has 0 heterocycles. The van der Waals surface area contributed by atoms with E-state index in [1.807, 2.05) is 12.3 Å². The van der Waals surface area contributed by atoms with E-state index in [9.17, 15) is 0 Å². The molecule has 0 saturated heterocycles. The Balaban J connectivity index is 2.78. The van der Waals surface area contributed by atoms with Gasteiger partial charge >= 0.3 is 0 Å². The van der Waals surface area contributed by atoms with Gasteiger partial charge in [0.15, 0.2) is 0 Å². The molecular weight excluding hydrogens is 110 g/mol. The zero-order valence-electron chi connectivity index (χ0n) is 4.45. The summed E-state index contributed by atoms with van der Waals surface area (Å²) in [6.07, 6.45) is 4.93. The van der Waals surface area contributed by atoms with Crippen LogP contribution >= 0.6 is 11.6 Å². The molecule has 0 aliphatic rings. The number of hydrogen-bond donors (Lipinski definition) is 1. The molecule has 0 bridgehead atoms. The van der Waals surface area contributed by atoms with E-state index in [1.165, 1.54) is 0 Å². The average molecular weight is 120 g/mol. The first-order valence-electron chi connectivity index (χ1n) is 2.36. The Bertz CT molecular complexity index is 52.0. The minimum atomic E-state index is 0.497. The fraction of sp³-hybridized carbons (Fsp3) is 0.600. The van der Waals surface area contributed by atoms with Gasteiger partial charge in [0.05, 0.1) is 6.00 Å². The summed E-state index contributed by atoms with van der Waals surface area (Å²) >= 11 is 5.27. The van der Waals surface area contributed by atoms with Crippen molar-refractivity contribution in [3.8, 4) is 0 Å². The Kier molecular flexibility index (Phi) is 5.69. The van der Waals surface area contributed by atoms with E-state index < -0.39 is 0 Å². The predicted molar refractivity (Wildman–Crippen MR) is 33.3 cm³/mol. The van der Waals surface area contributed by atoms with Crippen molar-refractivity contribution >= 4 is 11.6 Å². The molecule has 7 heavy (non-hydrogen) atoms. The molecule has 0 atom stereocenters. The monoisotopic (exact) mass is 119 g/mol. The smallest absolute Gasteiger partial charge is 0.0897 e. The summed E-state index contributed by atoms with van der Waals surface area (Å²) in [5.41, 5.74) is 0. The van der Waals surface area contributed by atoms with E-state index in [1.54, 1.807) is 0 Å². The topological polar surface area (TPSA) is 12.0 Å². The maximum absolute atomic E-state index is 5.27. The first-order valence-corrected chi connectivity index (χ1v) is 2.89. The number of rotatable bonds is 3. The lowest BCUT2D eigenvalue weighted by molar-refractivity contribution is 1.03. The first-order chi connectivity index (χ1) is 3.41. The third kappa shape index (κ3) is 5.83. The normalized spacial score (nSPS) is 10.0. The van der Waals surface area contributed by atoms with Gasteiger partial charge in [0.1, 0.15) is 0 Å². The van der Waals surface area contributed by atoms with E-state index in [-0.39, 0.29) is 0 Å². The Labute approximate surface area is 49.4 Å². The van der Waals surface area contributed by atoms with Gasteiger partial charge in [0, 0.05) is 0 Å². The van der Waals surface area contributed by atoms with Gasteiger partial charge in [0.25, 0.3) is 0 Å². The molecule has 0 aromatic heterocycles. The van der Waals surface area contributed by atoms with Gasteiger partial charge in [-0.25, -0.2) is 0 Å². The summed E-state index contributed by atoms with van der Waals surface area (Å²) in [6, 6.07) is 0.497. The lowest BCUT2D eigenvalue weighted by Gasteiger charge is -1.85. The molecule has 2 heteroatoms.